The van der Waals surface area contributed by atoms with Gasteiger partial charge in [-0.1, -0.05) is 23.9 Å². The number of carbonyl (C=O) groups excluding carboxylic acids is 2. The van der Waals surface area contributed by atoms with Gasteiger partial charge in [-0.15, -0.1) is 13.2 Å². The molecule has 0 bridgehead atoms. The third-order valence-electron chi connectivity index (χ3n) is 5.64. The smallest absolute Gasteiger partial charge is 0.406 e. The van der Waals surface area contributed by atoms with Gasteiger partial charge in [0.2, 0.25) is 5.91 Å². The summed E-state index contributed by atoms with van der Waals surface area (Å²) < 4.78 is 68.6. The van der Waals surface area contributed by atoms with E-state index < -0.39 is 43.0 Å². The summed E-state index contributed by atoms with van der Waals surface area (Å²) in [6, 6.07) is 5.91. The number of nitrogens with one attached hydrogen (secondary N) is 1. The Balaban J connectivity index is 1.38. The number of ketones is 1. The van der Waals surface area contributed by atoms with E-state index in [0.29, 0.717) is 16.1 Å². The fourth-order valence-corrected chi connectivity index (χ4v) is 5.01. The summed E-state index contributed by atoms with van der Waals surface area (Å²) in [5, 5.41) is 11.8. The average molecular weight is 538 g/mol. The van der Waals surface area contributed by atoms with E-state index in [-0.39, 0.29) is 29.5 Å². The first-order valence-corrected chi connectivity index (χ1v) is 11.9. The van der Waals surface area contributed by atoms with Gasteiger partial charge in [-0.2, -0.15) is 5.26 Å². The minimum absolute atomic E-state index is 0.242. The van der Waals surface area contributed by atoms with Crippen molar-refractivity contribution in [2.75, 3.05) is 11.9 Å². The van der Waals surface area contributed by atoms with Gasteiger partial charge in [0.15, 0.2) is 5.78 Å². The lowest BCUT2D eigenvalue weighted by atomic mass is 10.0. The van der Waals surface area contributed by atoms with Crippen molar-refractivity contribution in [1.82, 2.24) is 9.88 Å². The number of carbonyl (C=O) groups is 2. The molecule has 0 spiro atoms. The lowest BCUT2D eigenvalue weighted by Crippen LogP contribution is -2.36. The number of pyridine rings is 1. The predicted molar refractivity (Wildman–Crippen MR) is 124 cm³/mol. The first-order chi connectivity index (χ1) is 17.4. The number of likely N-dealkylation sites (tertiary alicyclic amines) is 1. The van der Waals surface area contributed by atoms with Crippen molar-refractivity contribution >= 4 is 35.2 Å². The maximum atomic E-state index is 13.6. The van der Waals surface area contributed by atoms with Crippen LogP contribution in [-0.4, -0.2) is 51.8 Å². The van der Waals surface area contributed by atoms with E-state index in [9.17, 15) is 31.5 Å². The van der Waals surface area contributed by atoms with Crippen molar-refractivity contribution in [3.05, 3.63) is 53.9 Å². The molecule has 1 N–H and O–H groups in total. The number of nitrogens with zero attached hydrogens (tertiary/aromatic N) is 3. The molecular formula is C24H19F5N4O3S. The van der Waals surface area contributed by atoms with Crippen molar-refractivity contribution in [3.8, 4) is 11.8 Å². The Kier molecular flexibility index (Phi) is 7.40. The number of aromatic nitrogens is 1. The topological polar surface area (TPSA) is 95.3 Å². The lowest BCUT2D eigenvalue weighted by molar-refractivity contribution is -0.274. The van der Waals surface area contributed by atoms with Crippen molar-refractivity contribution in [3.63, 3.8) is 0 Å². The van der Waals surface area contributed by atoms with Crippen LogP contribution in [0.15, 0.2) is 47.6 Å². The number of benzene rings is 1. The van der Waals surface area contributed by atoms with E-state index in [0.717, 1.165) is 4.90 Å². The molecule has 1 saturated heterocycles. The number of thioether (sulfide) groups is 1. The van der Waals surface area contributed by atoms with Gasteiger partial charge in [0.25, 0.3) is 5.92 Å². The molecule has 2 aliphatic rings. The minimum Gasteiger partial charge on any atom is -0.406 e. The number of rotatable bonds is 7. The standard InChI is InChI=1S/C24H19F5N4O3S/c25-23(26)10-15(11-30)33(13-23)22(35)6-3-19(34)17-7-8-31-12-14(17)1-5-21-32-18-9-16(36-24(27,28)29)2-4-20(18)37-21/h1-2,4-5,7-9,12,15,21,32H,3,6,10,13H2/b5-1+/t15-,21?/m0/s1. The zero-order valence-electron chi connectivity index (χ0n) is 19.0. The monoisotopic (exact) mass is 538 g/mol. The Bertz CT molecular complexity index is 1280. The van der Waals surface area contributed by atoms with Gasteiger partial charge in [0.05, 0.1) is 23.7 Å². The highest BCUT2D eigenvalue weighted by Crippen LogP contribution is 2.41. The van der Waals surface area contributed by atoms with Crippen LogP contribution >= 0.6 is 11.8 Å². The van der Waals surface area contributed by atoms with Crippen LogP contribution in [0, 0.1) is 11.3 Å². The molecule has 2 aliphatic heterocycles. The summed E-state index contributed by atoms with van der Waals surface area (Å²) in [7, 11) is 0. The van der Waals surface area contributed by atoms with E-state index in [1.807, 2.05) is 0 Å². The highest BCUT2D eigenvalue weighted by atomic mass is 32.2. The number of Topliss-reactive ketones (excluding diaryl/α,β-unsaturated/α-hetero) is 1. The molecule has 194 valence electrons. The summed E-state index contributed by atoms with van der Waals surface area (Å²) in [6.07, 6.45) is 0.0839. The van der Waals surface area contributed by atoms with E-state index >= 15 is 0 Å². The molecule has 1 aromatic carbocycles. The fraction of sp³-hybridized carbons (Fsp3) is 0.333. The average Bonchev–Trinajstić information content (AvgIpc) is 3.39. The predicted octanol–water partition coefficient (Wildman–Crippen LogP) is 5.26. The molecule has 7 nitrogen and oxygen atoms in total. The normalized spacial score (nSPS) is 20.4. The molecular weight excluding hydrogens is 519 g/mol. The number of halogens is 5. The summed E-state index contributed by atoms with van der Waals surface area (Å²) in [4.78, 5) is 30.8. The van der Waals surface area contributed by atoms with Crippen molar-refractivity contribution in [2.24, 2.45) is 0 Å². The van der Waals surface area contributed by atoms with Crippen molar-refractivity contribution < 1.29 is 36.3 Å². The number of fused-ring (bicyclic) bond motifs is 1. The minimum atomic E-state index is -4.80. The molecule has 1 fully saturated rings. The number of alkyl halides is 5. The molecule has 1 unspecified atom stereocenters. The second-order valence-electron chi connectivity index (χ2n) is 8.36. The molecule has 3 heterocycles. The second kappa shape index (κ2) is 10.4. The molecule has 0 saturated carbocycles. The quantitative estimate of drug-likeness (QED) is 0.380. The molecule has 0 radical (unpaired) electrons. The van der Waals surface area contributed by atoms with Gasteiger partial charge in [0, 0.05) is 53.7 Å². The van der Waals surface area contributed by atoms with Gasteiger partial charge in [-0.25, -0.2) is 8.78 Å². The number of hydrogen-bond acceptors (Lipinski definition) is 7. The maximum absolute atomic E-state index is 13.6. The lowest BCUT2D eigenvalue weighted by Gasteiger charge is -2.18. The van der Waals surface area contributed by atoms with Gasteiger partial charge in [-0.05, 0) is 18.2 Å². The molecule has 2 atom stereocenters. The molecule has 2 aromatic rings. The summed E-state index contributed by atoms with van der Waals surface area (Å²) >= 11 is 1.35. The number of hydrogen-bond donors (Lipinski definition) is 1. The van der Waals surface area contributed by atoms with E-state index in [4.69, 9.17) is 5.26 Å². The highest BCUT2D eigenvalue weighted by molar-refractivity contribution is 8.00. The van der Waals surface area contributed by atoms with Crippen LogP contribution in [0.2, 0.25) is 0 Å². The van der Waals surface area contributed by atoms with Crippen LogP contribution in [-0.2, 0) is 4.79 Å². The first-order valence-electron chi connectivity index (χ1n) is 11.0. The molecule has 1 amide bonds. The van der Waals surface area contributed by atoms with Crippen LogP contribution in [0.4, 0.5) is 27.6 Å². The summed E-state index contributed by atoms with van der Waals surface area (Å²) in [6.45, 7) is -0.847. The van der Waals surface area contributed by atoms with Crippen LogP contribution in [0.1, 0.15) is 35.2 Å². The molecule has 37 heavy (non-hydrogen) atoms. The SMILES string of the molecule is N#C[C@@H]1CC(F)(F)CN1C(=O)CCC(=O)c1ccncc1/C=C/C1Nc2cc(OC(F)(F)F)ccc2S1. The van der Waals surface area contributed by atoms with Gasteiger partial charge in [0.1, 0.15) is 11.8 Å². The second-order valence-corrected chi connectivity index (χ2v) is 9.54. The Morgan fingerprint density at radius 3 is 2.81 bits per heavy atom. The van der Waals surface area contributed by atoms with Crippen molar-refractivity contribution in [1.29, 1.82) is 5.26 Å². The fourth-order valence-electron chi connectivity index (χ4n) is 4.01. The highest BCUT2D eigenvalue weighted by Gasteiger charge is 2.47. The molecule has 4 rings (SSSR count). The molecule has 13 heteroatoms. The molecule has 0 aliphatic carbocycles. The van der Waals surface area contributed by atoms with Gasteiger partial charge < -0.3 is 15.0 Å². The number of anilines is 1. The summed E-state index contributed by atoms with van der Waals surface area (Å²) in [5.74, 6) is -4.58. The third kappa shape index (κ3) is 6.56. The Morgan fingerprint density at radius 1 is 1.30 bits per heavy atom. The van der Waals surface area contributed by atoms with Crippen molar-refractivity contribution in [2.45, 2.75) is 47.9 Å². The van der Waals surface area contributed by atoms with Gasteiger partial charge >= 0.3 is 6.36 Å². The third-order valence-corrected chi connectivity index (χ3v) is 6.78. The van der Waals surface area contributed by atoms with Crippen LogP contribution in [0.5, 0.6) is 5.75 Å². The number of nitriles is 1. The van der Waals surface area contributed by atoms with Crippen LogP contribution in [0.25, 0.3) is 6.08 Å². The summed E-state index contributed by atoms with van der Waals surface area (Å²) in [5.41, 5.74) is 1.18. The van der Waals surface area contributed by atoms with Gasteiger partial charge in [-0.3, -0.25) is 14.6 Å². The van der Waals surface area contributed by atoms with Crippen LogP contribution in [0.3, 0.4) is 0 Å². The largest absolute Gasteiger partial charge is 0.573 e. The van der Waals surface area contributed by atoms with E-state index in [1.54, 1.807) is 18.2 Å². The zero-order valence-corrected chi connectivity index (χ0v) is 19.8. The number of amides is 1. The van der Waals surface area contributed by atoms with E-state index in [2.05, 4.69) is 15.0 Å². The Morgan fingerprint density at radius 2 is 2.08 bits per heavy atom. The number of ether oxygens (including phenoxy) is 1. The Labute approximate surface area is 212 Å². The first kappa shape index (κ1) is 26.4. The van der Waals surface area contributed by atoms with E-state index in [1.165, 1.54) is 48.4 Å². The molecule has 1 aromatic heterocycles. The Hall–Kier alpha value is -3.66. The maximum Gasteiger partial charge on any atom is 0.573 e. The van der Waals surface area contributed by atoms with Crippen LogP contribution < -0.4 is 10.1 Å². The zero-order chi connectivity index (χ0) is 26.8.